The number of benzene rings is 4. The number of rotatable bonds is 9. The maximum absolute atomic E-state index is 13.5. The molecule has 0 heterocycles. The Bertz CT molecular complexity index is 1420. The van der Waals surface area contributed by atoms with Crippen LogP contribution < -0.4 is 19.1 Å². The van der Waals surface area contributed by atoms with E-state index in [2.05, 4.69) is 5.32 Å². The Hall–Kier alpha value is -4.30. The quantitative estimate of drug-likeness (QED) is 0.321. The van der Waals surface area contributed by atoms with Crippen molar-refractivity contribution in [2.75, 3.05) is 23.3 Å². The highest BCUT2D eigenvalue weighted by atomic mass is 32.2. The minimum Gasteiger partial charge on any atom is -0.497 e. The lowest BCUT2D eigenvalue weighted by Gasteiger charge is -2.24. The maximum Gasteiger partial charge on any atom is 0.264 e. The summed E-state index contributed by atoms with van der Waals surface area (Å²) >= 11 is 0. The zero-order valence-electron chi connectivity index (χ0n) is 19.9. The van der Waals surface area contributed by atoms with Crippen LogP contribution in [0.15, 0.2) is 108 Å². The molecule has 0 bridgehead atoms. The van der Waals surface area contributed by atoms with Crippen LogP contribution in [0, 0.1) is 6.92 Å². The Morgan fingerprint density at radius 1 is 0.806 bits per heavy atom. The van der Waals surface area contributed by atoms with Crippen molar-refractivity contribution in [2.24, 2.45) is 0 Å². The molecule has 0 fully saturated rings. The van der Waals surface area contributed by atoms with E-state index in [1.165, 1.54) is 19.2 Å². The molecule has 4 rings (SSSR count). The molecule has 36 heavy (non-hydrogen) atoms. The SMILES string of the molecule is COc1cccc(N(CC(=O)Nc2ccc(Oc3ccccc3)cc2)S(=O)(=O)c2ccc(C)cc2)c1. The molecular weight excluding hydrogens is 476 g/mol. The summed E-state index contributed by atoms with van der Waals surface area (Å²) in [6, 6.07) is 29.3. The lowest BCUT2D eigenvalue weighted by molar-refractivity contribution is -0.114. The first-order valence-electron chi connectivity index (χ1n) is 11.2. The van der Waals surface area contributed by atoms with Crippen LogP contribution in [-0.4, -0.2) is 28.0 Å². The van der Waals surface area contributed by atoms with Gasteiger partial charge in [0.15, 0.2) is 0 Å². The largest absolute Gasteiger partial charge is 0.497 e. The molecule has 0 saturated heterocycles. The van der Waals surface area contributed by atoms with Crippen LogP contribution in [0.5, 0.6) is 17.2 Å². The lowest BCUT2D eigenvalue weighted by atomic mass is 10.2. The predicted molar refractivity (Wildman–Crippen MR) is 140 cm³/mol. The molecule has 4 aromatic carbocycles. The molecule has 4 aromatic rings. The second-order valence-corrected chi connectivity index (χ2v) is 9.88. The normalized spacial score (nSPS) is 10.9. The van der Waals surface area contributed by atoms with Crippen LogP contribution in [0.4, 0.5) is 11.4 Å². The summed E-state index contributed by atoms with van der Waals surface area (Å²) in [6.07, 6.45) is 0. The molecule has 1 amide bonds. The van der Waals surface area contributed by atoms with Crippen molar-refractivity contribution in [1.29, 1.82) is 0 Å². The average molecular weight is 503 g/mol. The van der Waals surface area contributed by atoms with Gasteiger partial charge in [0.05, 0.1) is 17.7 Å². The smallest absolute Gasteiger partial charge is 0.264 e. The summed E-state index contributed by atoms with van der Waals surface area (Å²) in [4.78, 5) is 13.1. The summed E-state index contributed by atoms with van der Waals surface area (Å²) in [5.74, 6) is 1.29. The second-order valence-electron chi connectivity index (χ2n) is 8.01. The van der Waals surface area contributed by atoms with Gasteiger partial charge in [0.1, 0.15) is 23.8 Å². The molecule has 0 spiro atoms. The molecule has 7 nitrogen and oxygen atoms in total. The highest BCUT2D eigenvalue weighted by Crippen LogP contribution is 2.28. The number of aryl methyl sites for hydroxylation is 1. The third kappa shape index (κ3) is 6.03. The van der Waals surface area contributed by atoms with Gasteiger partial charge in [-0.1, -0.05) is 42.0 Å². The topological polar surface area (TPSA) is 84.9 Å². The average Bonchev–Trinajstić information content (AvgIpc) is 2.89. The fraction of sp³-hybridized carbons (Fsp3) is 0.107. The van der Waals surface area contributed by atoms with E-state index in [4.69, 9.17) is 9.47 Å². The van der Waals surface area contributed by atoms with Crippen molar-refractivity contribution in [3.8, 4) is 17.2 Å². The number of sulfonamides is 1. The number of ether oxygens (including phenoxy) is 2. The van der Waals surface area contributed by atoms with Crippen molar-refractivity contribution >= 4 is 27.3 Å². The van der Waals surface area contributed by atoms with E-state index in [0.717, 1.165) is 9.87 Å². The lowest BCUT2D eigenvalue weighted by Crippen LogP contribution is -2.38. The Labute approximate surface area is 211 Å². The number of carbonyl (C=O) groups is 1. The third-order valence-electron chi connectivity index (χ3n) is 5.35. The monoisotopic (exact) mass is 502 g/mol. The molecule has 0 aliphatic carbocycles. The summed E-state index contributed by atoms with van der Waals surface area (Å²) in [5.41, 5.74) is 1.76. The summed E-state index contributed by atoms with van der Waals surface area (Å²) < 4.78 is 39.2. The maximum atomic E-state index is 13.5. The van der Waals surface area contributed by atoms with Gasteiger partial charge in [0.2, 0.25) is 5.91 Å². The molecule has 0 aliphatic rings. The Kier molecular flexibility index (Phi) is 7.56. The predicted octanol–water partition coefficient (Wildman–Crippen LogP) is 5.63. The number of anilines is 2. The van der Waals surface area contributed by atoms with Crippen molar-refractivity contribution < 1.29 is 22.7 Å². The fourth-order valence-electron chi connectivity index (χ4n) is 3.48. The van der Waals surface area contributed by atoms with E-state index < -0.39 is 22.5 Å². The number of hydrogen-bond acceptors (Lipinski definition) is 5. The van der Waals surface area contributed by atoms with Crippen LogP contribution in [-0.2, 0) is 14.8 Å². The number of amides is 1. The molecule has 1 N–H and O–H groups in total. The van der Waals surface area contributed by atoms with E-state index in [-0.39, 0.29) is 4.90 Å². The Morgan fingerprint density at radius 3 is 2.11 bits per heavy atom. The van der Waals surface area contributed by atoms with Gasteiger partial charge in [0.25, 0.3) is 10.0 Å². The van der Waals surface area contributed by atoms with E-state index in [9.17, 15) is 13.2 Å². The third-order valence-corrected chi connectivity index (χ3v) is 7.14. The molecule has 8 heteroatoms. The van der Waals surface area contributed by atoms with Gasteiger partial charge in [-0.15, -0.1) is 0 Å². The number of carbonyl (C=O) groups excluding carboxylic acids is 1. The van der Waals surface area contributed by atoms with Gasteiger partial charge >= 0.3 is 0 Å². The van der Waals surface area contributed by atoms with Gasteiger partial charge in [-0.25, -0.2) is 8.42 Å². The minimum atomic E-state index is -4.03. The molecule has 0 saturated carbocycles. The van der Waals surface area contributed by atoms with E-state index >= 15 is 0 Å². The summed E-state index contributed by atoms with van der Waals surface area (Å²) in [7, 11) is -2.53. The minimum absolute atomic E-state index is 0.0890. The zero-order valence-corrected chi connectivity index (χ0v) is 20.7. The van der Waals surface area contributed by atoms with Crippen molar-refractivity contribution in [2.45, 2.75) is 11.8 Å². The Morgan fingerprint density at radius 2 is 1.44 bits per heavy atom. The molecule has 0 atom stereocenters. The van der Waals surface area contributed by atoms with Gasteiger partial charge in [-0.3, -0.25) is 9.10 Å². The number of nitrogens with zero attached hydrogens (tertiary/aromatic N) is 1. The van der Waals surface area contributed by atoms with E-state index in [1.807, 2.05) is 37.3 Å². The van der Waals surface area contributed by atoms with Gasteiger partial charge in [-0.05, 0) is 67.6 Å². The molecule has 0 aromatic heterocycles. The fourth-order valence-corrected chi connectivity index (χ4v) is 4.89. The van der Waals surface area contributed by atoms with Gasteiger partial charge < -0.3 is 14.8 Å². The summed E-state index contributed by atoms with van der Waals surface area (Å²) in [5, 5.41) is 2.76. The molecule has 0 radical (unpaired) electrons. The van der Waals surface area contributed by atoms with Crippen LogP contribution >= 0.6 is 0 Å². The molecule has 0 aliphatic heterocycles. The van der Waals surface area contributed by atoms with Crippen molar-refractivity contribution in [3.63, 3.8) is 0 Å². The highest BCUT2D eigenvalue weighted by Gasteiger charge is 2.27. The first-order chi connectivity index (χ1) is 17.3. The number of hydrogen-bond donors (Lipinski definition) is 1. The molecular formula is C28H26N2O5S. The second kappa shape index (κ2) is 11.0. The summed E-state index contributed by atoms with van der Waals surface area (Å²) in [6.45, 7) is 1.45. The van der Waals surface area contributed by atoms with Gasteiger partial charge in [-0.2, -0.15) is 0 Å². The first kappa shape index (κ1) is 24.8. The first-order valence-corrected chi connectivity index (χ1v) is 12.7. The molecule has 0 unspecified atom stereocenters. The van der Waals surface area contributed by atoms with E-state index in [0.29, 0.717) is 28.6 Å². The standard InChI is InChI=1S/C28H26N2O5S/c1-21-11-17-27(18-12-21)36(32,33)30(23-7-6-10-26(19-23)34-2)20-28(31)29-22-13-15-25(16-14-22)35-24-8-4-3-5-9-24/h3-19H,20H2,1-2H3,(H,29,31). The Balaban J connectivity index is 1.54. The van der Waals surface area contributed by atoms with Gasteiger partial charge in [0, 0.05) is 11.8 Å². The van der Waals surface area contributed by atoms with E-state index in [1.54, 1.807) is 60.7 Å². The van der Waals surface area contributed by atoms with Crippen LogP contribution in [0.25, 0.3) is 0 Å². The van der Waals surface area contributed by atoms with Crippen LogP contribution in [0.2, 0.25) is 0 Å². The number of para-hydroxylation sites is 1. The van der Waals surface area contributed by atoms with Crippen LogP contribution in [0.3, 0.4) is 0 Å². The zero-order chi connectivity index (χ0) is 25.5. The molecule has 184 valence electrons. The van der Waals surface area contributed by atoms with Crippen molar-refractivity contribution in [3.05, 3.63) is 109 Å². The number of methoxy groups -OCH3 is 1. The van der Waals surface area contributed by atoms with Crippen molar-refractivity contribution in [1.82, 2.24) is 0 Å². The van der Waals surface area contributed by atoms with Crippen LogP contribution in [0.1, 0.15) is 5.56 Å². The number of nitrogens with one attached hydrogen (secondary N) is 1. The highest BCUT2D eigenvalue weighted by molar-refractivity contribution is 7.92.